The molecule has 0 aliphatic heterocycles. The van der Waals surface area contributed by atoms with E-state index in [0.29, 0.717) is 10.2 Å². The van der Waals surface area contributed by atoms with Gasteiger partial charge < -0.3 is 0 Å². The minimum atomic E-state index is -4.56. The first kappa shape index (κ1) is 13.7. The average molecular weight is 289 g/mol. The van der Waals surface area contributed by atoms with Crippen LogP contribution in [0.5, 0.6) is 0 Å². The third kappa shape index (κ3) is 2.65. The maximum absolute atomic E-state index is 12.4. The van der Waals surface area contributed by atoms with E-state index in [9.17, 15) is 21.6 Å². The lowest BCUT2D eigenvalue weighted by Gasteiger charge is -2.06. The van der Waals surface area contributed by atoms with Gasteiger partial charge in [-0.1, -0.05) is 17.7 Å². The van der Waals surface area contributed by atoms with Crippen LogP contribution in [0.2, 0.25) is 0 Å². The summed E-state index contributed by atoms with van der Waals surface area (Å²) in [7, 11) is -3.98. The summed E-state index contributed by atoms with van der Waals surface area (Å²) < 4.78 is 62.0. The van der Waals surface area contributed by atoms with Crippen molar-refractivity contribution in [3.8, 4) is 0 Å². The van der Waals surface area contributed by atoms with E-state index in [1.54, 1.807) is 19.1 Å². The Morgan fingerprint density at radius 1 is 1.05 bits per heavy atom. The summed E-state index contributed by atoms with van der Waals surface area (Å²) >= 11 is 0. The molecule has 0 aliphatic carbocycles. The summed E-state index contributed by atoms with van der Waals surface area (Å²) in [6.07, 6.45) is -3.11. The van der Waals surface area contributed by atoms with Gasteiger partial charge in [-0.25, -0.2) is 12.4 Å². The Balaban J connectivity index is 2.46. The summed E-state index contributed by atoms with van der Waals surface area (Å²) in [5, 5.41) is 0. The molecule has 0 amide bonds. The first-order chi connectivity index (χ1) is 8.71. The molecule has 0 saturated carbocycles. The second-order valence-electron chi connectivity index (χ2n) is 4.05. The normalized spacial score (nSPS) is 12.6. The molecule has 0 fully saturated rings. The van der Waals surface area contributed by atoms with Gasteiger partial charge in [0.1, 0.15) is 0 Å². The fourth-order valence-electron chi connectivity index (χ4n) is 1.53. The quantitative estimate of drug-likeness (QED) is 0.852. The maximum atomic E-state index is 12.4. The van der Waals surface area contributed by atoms with Crippen molar-refractivity contribution in [2.75, 3.05) is 0 Å². The Labute approximate surface area is 108 Å². The second kappa shape index (κ2) is 4.41. The predicted molar refractivity (Wildman–Crippen MR) is 63.2 cm³/mol. The van der Waals surface area contributed by atoms with Crippen LogP contribution in [0, 0.1) is 6.92 Å². The van der Waals surface area contributed by atoms with Gasteiger partial charge in [-0.05, 0) is 25.1 Å². The zero-order valence-electron chi connectivity index (χ0n) is 9.85. The molecule has 3 nitrogen and oxygen atoms in total. The van der Waals surface area contributed by atoms with Crippen molar-refractivity contribution in [1.29, 1.82) is 0 Å². The number of nitrogens with zero attached hydrogens (tertiary/aromatic N) is 1. The second-order valence-corrected chi connectivity index (χ2v) is 5.89. The fraction of sp³-hybridized carbons (Fsp3) is 0.167. The van der Waals surface area contributed by atoms with E-state index < -0.39 is 21.8 Å². The highest BCUT2D eigenvalue weighted by Crippen LogP contribution is 2.30. The smallest absolute Gasteiger partial charge is 0.248 e. The van der Waals surface area contributed by atoms with Gasteiger partial charge in [0.25, 0.3) is 10.0 Å². The molecule has 0 radical (unpaired) electrons. The number of halogens is 3. The Kier molecular flexibility index (Phi) is 3.17. The van der Waals surface area contributed by atoms with Gasteiger partial charge in [0, 0.05) is 12.4 Å². The number of aryl methyl sites for hydroxylation is 1. The first-order valence-electron chi connectivity index (χ1n) is 5.29. The SMILES string of the molecule is Cc1ccc(S(=O)(=O)n2ccc(C(F)(F)F)c2)cc1. The van der Waals surface area contributed by atoms with E-state index in [2.05, 4.69) is 0 Å². The highest BCUT2D eigenvalue weighted by Gasteiger charge is 2.32. The van der Waals surface area contributed by atoms with Crippen LogP contribution >= 0.6 is 0 Å². The molecule has 2 rings (SSSR count). The lowest BCUT2D eigenvalue weighted by Crippen LogP contribution is -2.11. The van der Waals surface area contributed by atoms with Crippen LogP contribution < -0.4 is 0 Å². The van der Waals surface area contributed by atoms with E-state index in [0.717, 1.165) is 17.8 Å². The molecule has 2 aromatic rings. The predicted octanol–water partition coefficient (Wildman–Crippen LogP) is 3.05. The molecule has 1 aromatic heterocycles. The van der Waals surface area contributed by atoms with Gasteiger partial charge in [-0.2, -0.15) is 13.2 Å². The third-order valence-electron chi connectivity index (χ3n) is 2.59. The number of benzene rings is 1. The minimum Gasteiger partial charge on any atom is -0.248 e. The van der Waals surface area contributed by atoms with Crippen LogP contribution in [0.3, 0.4) is 0 Å². The zero-order valence-corrected chi connectivity index (χ0v) is 10.7. The van der Waals surface area contributed by atoms with E-state index >= 15 is 0 Å². The summed E-state index contributed by atoms with van der Waals surface area (Å²) in [4.78, 5) is -0.0533. The van der Waals surface area contributed by atoms with Crippen molar-refractivity contribution < 1.29 is 21.6 Å². The highest BCUT2D eigenvalue weighted by molar-refractivity contribution is 7.90. The Bertz CT molecular complexity index is 685. The van der Waals surface area contributed by atoms with E-state index in [1.165, 1.54) is 12.1 Å². The van der Waals surface area contributed by atoms with Gasteiger partial charge >= 0.3 is 6.18 Å². The number of aromatic nitrogens is 1. The van der Waals surface area contributed by atoms with Crippen molar-refractivity contribution in [2.24, 2.45) is 0 Å². The van der Waals surface area contributed by atoms with Crippen molar-refractivity contribution in [2.45, 2.75) is 18.0 Å². The molecule has 0 N–H and O–H groups in total. The molecule has 102 valence electrons. The Morgan fingerprint density at radius 2 is 1.63 bits per heavy atom. The number of hydrogen-bond acceptors (Lipinski definition) is 2. The van der Waals surface area contributed by atoms with Crippen molar-refractivity contribution in [3.05, 3.63) is 53.9 Å². The van der Waals surface area contributed by atoms with Crippen molar-refractivity contribution in [1.82, 2.24) is 3.97 Å². The van der Waals surface area contributed by atoms with Crippen LogP contribution in [0.1, 0.15) is 11.1 Å². The monoisotopic (exact) mass is 289 g/mol. The number of rotatable bonds is 2. The lowest BCUT2D eigenvalue weighted by molar-refractivity contribution is -0.137. The van der Waals surface area contributed by atoms with Crippen LogP contribution in [0.4, 0.5) is 13.2 Å². The molecule has 0 aliphatic rings. The average Bonchev–Trinajstić information content (AvgIpc) is 2.79. The highest BCUT2D eigenvalue weighted by atomic mass is 32.2. The molecule has 0 atom stereocenters. The number of hydrogen-bond donors (Lipinski definition) is 0. The molecular formula is C12H10F3NO2S. The minimum absolute atomic E-state index is 0.0533. The third-order valence-corrected chi connectivity index (χ3v) is 4.24. The van der Waals surface area contributed by atoms with E-state index in [-0.39, 0.29) is 4.90 Å². The summed E-state index contributed by atoms with van der Waals surface area (Å²) in [6.45, 7) is 1.79. The Hall–Kier alpha value is -1.76. The van der Waals surface area contributed by atoms with Crippen LogP contribution in [-0.4, -0.2) is 12.4 Å². The fourth-order valence-corrected chi connectivity index (χ4v) is 2.72. The molecule has 7 heteroatoms. The first-order valence-corrected chi connectivity index (χ1v) is 6.73. The summed E-state index contributed by atoms with van der Waals surface area (Å²) in [5.41, 5.74) is -0.134. The van der Waals surface area contributed by atoms with Crippen molar-refractivity contribution >= 4 is 10.0 Å². The van der Waals surface area contributed by atoms with Crippen LogP contribution in [0.15, 0.2) is 47.6 Å². The van der Waals surface area contributed by atoms with Gasteiger partial charge in [0.05, 0.1) is 10.5 Å². The van der Waals surface area contributed by atoms with Gasteiger partial charge in [-0.3, -0.25) is 0 Å². The standard InChI is InChI=1S/C12H10F3NO2S/c1-9-2-4-11(5-3-9)19(17,18)16-7-6-10(8-16)12(13,14)15/h2-8H,1H3. The molecule has 0 saturated heterocycles. The van der Waals surface area contributed by atoms with Crippen molar-refractivity contribution in [3.63, 3.8) is 0 Å². The van der Waals surface area contributed by atoms with E-state index in [4.69, 9.17) is 0 Å². The lowest BCUT2D eigenvalue weighted by atomic mass is 10.2. The van der Waals surface area contributed by atoms with Gasteiger partial charge in [0.15, 0.2) is 0 Å². The topological polar surface area (TPSA) is 39.1 Å². The maximum Gasteiger partial charge on any atom is 0.417 e. The van der Waals surface area contributed by atoms with Crippen LogP contribution in [-0.2, 0) is 16.2 Å². The molecule has 0 bridgehead atoms. The number of alkyl halides is 3. The van der Waals surface area contributed by atoms with Crippen LogP contribution in [0.25, 0.3) is 0 Å². The molecular weight excluding hydrogens is 279 g/mol. The zero-order chi connectivity index (χ0) is 14.3. The molecule has 1 heterocycles. The van der Waals surface area contributed by atoms with E-state index in [1.807, 2.05) is 0 Å². The molecule has 0 spiro atoms. The van der Waals surface area contributed by atoms with Gasteiger partial charge in [0.2, 0.25) is 0 Å². The summed E-state index contributed by atoms with van der Waals surface area (Å²) in [5.74, 6) is 0. The molecule has 19 heavy (non-hydrogen) atoms. The molecule has 1 aromatic carbocycles. The largest absolute Gasteiger partial charge is 0.417 e. The molecule has 0 unspecified atom stereocenters. The Morgan fingerprint density at radius 3 is 2.11 bits per heavy atom. The summed E-state index contributed by atoms with van der Waals surface area (Å²) in [6, 6.07) is 6.61. The van der Waals surface area contributed by atoms with Gasteiger partial charge in [-0.15, -0.1) is 0 Å².